The van der Waals surface area contributed by atoms with Crippen LogP contribution in [0.3, 0.4) is 0 Å². The number of unbranched alkanes of at least 4 members (excludes halogenated alkanes) is 46. The van der Waals surface area contributed by atoms with Crippen molar-refractivity contribution in [3.8, 4) is 0 Å². The lowest BCUT2D eigenvalue weighted by atomic mass is 10.0. The van der Waals surface area contributed by atoms with Crippen LogP contribution in [0, 0.1) is 0 Å². The Kier molecular flexibility index (Phi) is 53.4. The van der Waals surface area contributed by atoms with Crippen molar-refractivity contribution in [1.82, 2.24) is 5.32 Å². The summed E-state index contributed by atoms with van der Waals surface area (Å²) >= 11 is 0. The average molecular weight is 893 g/mol. The molecule has 378 valence electrons. The van der Waals surface area contributed by atoms with Crippen LogP contribution in [-0.4, -0.2) is 46.1 Å². The maximum Gasteiger partial charge on any atom is 0.222 e. The Labute approximate surface area is 396 Å². The number of hydrogen-bond donors (Lipinski definition) is 4. The SMILES string of the molecule is CCCCCCCCCCCCCCCCCCCCCCCCCCCCCCCCCCCCCC(O)CC(=O)NC(CO)C(O)CCCCCCCCCCCCCCC. The second kappa shape index (κ2) is 54.0. The van der Waals surface area contributed by atoms with Crippen LogP contribution in [0.15, 0.2) is 0 Å². The predicted molar refractivity (Wildman–Crippen MR) is 278 cm³/mol. The van der Waals surface area contributed by atoms with Crippen molar-refractivity contribution >= 4 is 5.91 Å². The van der Waals surface area contributed by atoms with E-state index in [-0.39, 0.29) is 18.9 Å². The van der Waals surface area contributed by atoms with Crippen LogP contribution < -0.4 is 5.32 Å². The normalized spacial score (nSPS) is 13.2. The van der Waals surface area contributed by atoms with E-state index in [1.54, 1.807) is 0 Å². The molecule has 0 bridgehead atoms. The molecule has 3 atom stereocenters. The van der Waals surface area contributed by atoms with Crippen LogP contribution in [0.1, 0.15) is 341 Å². The van der Waals surface area contributed by atoms with E-state index < -0.39 is 18.2 Å². The first-order valence-corrected chi connectivity index (χ1v) is 29.3. The fraction of sp³-hybridized carbons (Fsp3) is 0.983. The highest BCUT2D eigenvalue weighted by Gasteiger charge is 2.21. The molecule has 1 amide bonds. The lowest BCUT2D eigenvalue weighted by Crippen LogP contribution is -2.46. The molecule has 0 saturated carbocycles. The molecular formula is C58H117NO4. The van der Waals surface area contributed by atoms with Gasteiger partial charge in [0.05, 0.1) is 31.3 Å². The molecule has 63 heavy (non-hydrogen) atoms. The van der Waals surface area contributed by atoms with Crippen LogP contribution in [0.2, 0.25) is 0 Å². The summed E-state index contributed by atoms with van der Waals surface area (Å²) in [5, 5.41) is 33.5. The van der Waals surface area contributed by atoms with Gasteiger partial charge in [0, 0.05) is 0 Å². The molecule has 0 aliphatic carbocycles. The summed E-state index contributed by atoms with van der Waals surface area (Å²) in [6.45, 7) is 4.29. The van der Waals surface area contributed by atoms with E-state index in [0.717, 1.165) is 25.7 Å². The van der Waals surface area contributed by atoms with E-state index >= 15 is 0 Å². The third-order valence-corrected chi connectivity index (χ3v) is 14.2. The first-order chi connectivity index (χ1) is 31.0. The van der Waals surface area contributed by atoms with Gasteiger partial charge in [-0.3, -0.25) is 4.79 Å². The van der Waals surface area contributed by atoms with Gasteiger partial charge in [-0.1, -0.05) is 322 Å². The molecule has 0 aliphatic rings. The highest BCUT2D eigenvalue weighted by molar-refractivity contribution is 5.76. The predicted octanol–water partition coefficient (Wildman–Crippen LogP) is 18.1. The first kappa shape index (κ1) is 62.4. The summed E-state index contributed by atoms with van der Waals surface area (Å²) in [5.74, 6) is -0.276. The van der Waals surface area contributed by atoms with E-state index in [9.17, 15) is 20.1 Å². The van der Waals surface area contributed by atoms with E-state index in [4.69, 9.17) is 0 Å². The van der Waals surface area contributed by atoms with Gasteiger partial charge in [-0.25, -0.2) is 0 Å². The maximum atomic E-state index is 12.5. The molecule has 0 aromatic carbocycles. The number of carbonyl (C=O) groups excluding carboxylic acids is 1. The largest absolute Gasteiger partial charge is 0.394 e. The van der Waals surface area contributed by atoms with Crippen molar-refractivity contribution in [2.24, 2.45) is 0 Å². The summed E-state index contributed by atoms with van der Waals surface area (Å²) < 4.78 is 0. The van der Waals surface area contributed by atoms with Gasteiger partial charge in [0.1, 0.15) is 0 Å². The van der Waals surface area contributed by atoms with E-state index in [2.05, 4.69) is 19.2 Å². The minimum atomic E-state index is -0.744. The standard InChI is InChI=1S/C58H117NO4/c1-3-5-7-9-11-13-15-17-18-19-20-21-22-23-24-25-26-27-28-29-30-31-32-33-34-35-36-37-38-40-41-43-45-47-49-51-55(61)53-58(63)59-56(54-60)57(62)52-50-48-46-44-42-39-16-14-12-10-8-6-4-2/h55-57,60-62H,3-54H2,1-2H3,(H,59,63). The Hall–Kier alpha value is -0.650. The molecule has 0 radical (unpaired) electrons. The minimum Gasteiger partial charge on any atom is -0.394 e. The molecule has 0 aromatic rings. The fourth-order valence-corrected chi connectivity index (χ4v) is 9.70. The number of rotatable bonds is 55. The van der Waals surface area contributed by atoms with Crippen molar-refractivity contribution in [3.63, 3.8) is 0 Å². The van der Waals surface area contributed by atoms with Crippen molar-refractivity contribution in [1.29, 1.82) is 0 Å². The smallest absolute Gasteiger partial charge is 0.222 e. The van der Waals surface area contributed by atoms with Gasteiger partial charge in [-0.2, -0.15) is 0 Å². The quantitative estimate of drug-likeness (QED) is 0.0458. The van der Waals surface area contributed by atoms with Crippen LogP contribution in [0.4, 0.5) is 0 Å². The lowest BCUT2D eigenvalue weighted by Gasteiger charge is -2.23. The Balaban J connectivity index is 3.39. The molecule has 3 unspecified atom stereocenters. The Morgan fingerprint density at radius 1 is 0.333 bits per heavy atom. The van der Waals surface area contributed by atoms with Gasteiger partial charge in [-0.05, 0) is 12.8 Å². The number of hydrogen-bond acceptors (Lipinski definition) is 4. The van der Waals surface area contributed by atoms with Gasteiger partial charge in [0.2, 0.25) is 5.91 Å². The van der Waals surface area contributed by atoms with Crippen molar-refractivity contribution < 1.29 is 20.1 Å². The van der Waals surface area contributed by atoms with Crippen molar-refractivity contribution in [3.05, 3.63) is 0 Å². The van der Waals surface area contributed by atoms with Gasteiger partial charge in [0.25, 0.3) is 0 Å². The minimum absolute atomic E-state index is 0.0433. The van der Waals surface area contributed by atoms with Gasteiger partial charge < -0.3 is 20.6 Å². The van der Waals surface area contributed by atoms with E-state index in [1.165, 1.54) is 283 Å². The molecule has 5 heteroatoms. The molecule has 4 N–H and O–H groups in total. The summed E-state index contributed by atoms with van der Waals surface area (Å²) in [4.78, 5) is 12.5. The molecule has 0 heterocycles. The molecule has 0 aliphatic heterocycles. The van der Waals surface area contributed by atoms with E-state index in [1.807, 2.05) is 0 Å². The van der Waals surface area contributed by atoms with E-state index in [0.29, 0.717) is 12.8 Å². The van der Waals surface area contributed by atoms with Crippen molar-refractivity contribution in [2.75, 3.05) is 6.61 Å². The maximum absolute atomic E-state index is 12.5. The number of carbonyl (C=O) groups is 1. The number of aliphatic hydroxyl groups is 3. The number of aliphatic hydroxyl groups excluding tert-OH is 3. The Morgan fingerprint density at radius 3 is 0.762 bits per heavy atom. The molecule has 0 saturated heterocycles. The monoisotopic (exact) mass is 892 g/mol. The molecule has 5 nitrogen and oxygen atoms in total. The second-order valence-corrected chi connectivity index (χ2v) is 20.6. The van der Waals surface area contributed by atoms with Gasteiger partial charge in [0.15, 0.2) is 0 Å². The highest BCUT2D eigenvalue weighted by atomic mass is 16.3. The molecule has 0 aromatic heterocycles. The van der Waals surface area contributed by atoms with Gasteiger partial charge in [-0.15, -0.1) is 0 Å². The van der Waals surface area contributed by atoms with Gasteiger partial charge >= 0.3 is 0 Å². The fourth-order valence-electron chi connectivity index (χ4n) is 9.70. The Morgan fingerprint density at radius 2 is 0.540 bits per heavy atom. The summed E-state index contributed by atoms with van der Waals surface area (Å²) in [6.07, 6.45) is 65.8. The van der Waals surface area contributed by atoms with Crippen LogP contribution in [0.5, 0.6) is 0 Å². The third-order valence-electron chi connectivity index (χ3n) is 14.2. The summed E-state index contributed by atoms with van der Waals surface area (Å²) in [7, 11) is 0. The van der Waals surface area contributed by atoms with Crippen LogP contribution >= 0.6 is 0 Å². The molecule has 0 fully saturated rings. The molecular weight excluding hydrogens is 775 g/mol. The lowest BCUT2D eigenvalue weighted by molar-refractivity contribution is -0.125. The Bertz CT molecular complexity index is 853. The summed E-state index contributed by atoms with van der Waals surface area (Å²) in [5.41, 5.74) is 0. The number of amides is 1. The zero-order valence-corrected chi connectivity index (χ0v) is 43.3. The zero-order valence-electron chi connectivity index (χ0n) is 43.3. The third kappa shape index (κ3) is 50.6. The topological polar surface area (TPSA) is 89.8 Å². The first-order valence-electron chi connectivity index (χ1n) is 29.3. The number of nitrogens with one attached hydrogen (secondary N) is 1. The average Bonchev–Trinajstić information content (AvgIpc) is 3.28. The molecule has 0 spiro atoms. The van der Waals surface area contributed by atoms with Crippen LogP contribution in [0.25, 0.3) is 0 Å². The second-order valence-electron chi connectivity index (χ2n) is 20.6. The molecule has 0 rings (SSSR count). The highest BCUT2D eigenvalue weighted by Crippen LogP contribution is 2.19. The summed E-state index contributed by atoms with van der Waals surface area (Å²) in [6, 6.07) is -0.653. The van der Waals surface area contributed by atoms with Crippen molar-refractivity contribution in [2.45, 2.75) is 360 Å². The van der Waals surface area contributed by atoms with Crippen LogP contribution in [-0.2, 0) is 4.79 Å². The zero-order chi connectivity index (χ0) is 45.8.